The largest absolute Gasteiger partial charge is 0.477 e. The molecule has 1 aromatic rings. The van der Waals surface area contributed by atoms with Crippen LogP contribution in [0.2, 0.25) is 0 Å². The lowest BCUT2D eigenvalue weighted by Gasteiger charge is -1.96. The Hall–Kier alpha value is -0.980. The lowest BCUT2D eigenvalue weighted by atomic mass is 10.3. The minimum Gasteiger partial charge on any atom is -0.477 e. The van der Waals surface area contributed by atoms with Crippen molar-refractivity contribution in [2.24, 2.45) is 5.73 Å². The van der Waals surface area contributed by atoms with Crippen LogP contribution in [0.15, 0.2) is 0 Å². The fourth-order valence-electron chi connectivity index (χ4n) is 0.966. The summed E-state index contributed by atoms with van der Waals surface area (Å²) in [4.78, 5) is 15.1. The minimum absolute atomic E-state index is 0.199. The number of hydrogen-bond donors (Lipinski definition) is 2. The van der Waals surface area contributed by atoms with E-state index in [-0.39, 0.29) is 17.5 Å². The van der Waals surface area contributed by atoms with Gasteiger partial charge >= 0.3 is 5.97 Å². The maximum Gasteiger partial charge on any atom is 0.347 e. The number of aromatic carboxylic acids is 1. The van der Waals surface area contributed by atoms with Crippen LogP contribution in [-0.4, -0.2) is 23.2 Å². The van der Waals surface area contributed by atoms with Gasteiger partial charge in [0.1, 0.15) is 9.88 Å². The highest BCUT2D eigenvalue weighted by atomic mass is 32.1. The van der Waals surface area contributed by atoms with Gasteiger partial charge in [-0.25, -0.2) is 9.78 Å². The number of carbonyl (C=O) groups is 1. The molecule has 0 radical (unpaired) electrons. The normalized spacial score (nSPS) is 12.8. The number of aromatic nitrogens is 1. The molecular weight excluding hydrogens is 204 g/mol. The molecular formula is C8H12N2O3S. The molecule has 3 N–H and O–H groups in total. The highest BCUT2D eigenvalue weighted by Crippen LogP contribution is 2.23. The first-order chi connectivity index (χ1) is 6.56. The van der Waals surface area contributed by atoms with Crippen molar-refractivity contribution < 1.29 is 14.6 Å². The van der Waals surface area contributed by atoms with Crippen molar-refractivity contribution >= 4 is 17.3 Å². The predicted octanol–water partition coefficient (Wildman–Crippen LogP) is 1.01. The van der Waals surface area contributed by atoms with Crippen molar-refractivity contribution in [3.8, 4) is 0 Å². The molecule has 78 valence electrons. The minimum atomic E-state index is -0.985. The molecule has 1 unspecified atom stereocenters. The molecule has 0 bridgehead atoms. The van der Waals surface area contributed by atoms with Gasteiger partial charge in [-0.2, -0.15) is 0 Å². The molecule has 0 fully saturated rings. The first-order valence-electron chi connectivity index (χ1n) is 4.03. The second-order valence-corrected chi connectivity index (χ2v) is 3.89. The van der Waals surface area contributed by atoms with E-state index >= 15 is 0 Å². The van der Waals surface area contributed by atoms with Gasteiger partial charge in [-0.3, -0.25) is 0 Å². The zero-order chi connectivity index (χ0) is 10.7. The Balaban J connectivity index is 3.05. The fourth-order valence-corrected chi connectivity index (χ4v) is 1.83. The number of rotatable bonds is 4. The van der Waals surface area contributed by atoms with Crippen molar-refractivity contribution in [3.05, 3.63) is 15.6 Å². The first kappa shape index (κ1) is 11.1. The smallest absolute Gasteiger partial charge is 0.347 e. The van der Waals surface area contributed by atoms with Gasteiger partial charge in [0.2, 0.25) is 0 Å². The monoisotopic (exact) mass is 216 g/mol. The molecule has 0 aliphatic heterocycles. The van der Waals surface area contributed by atoms with E-state index in [4.69, 9.17) is 15.6 Å². The van der Waals surface area contributed by atoms with Crippen molar-refractivity contribution in [1.82, 2.24) is 4.98 Å². The summed E-state index contributed by atoms with van der Waals surface area (Å²) in [6.45, 7) is 1.96. The van der Waals surface area contributed by atoms with E-state index < -0.39 is 5.97 Å². The summed E-state index contributed by atoms with van der Waals surface area (Å²) in [5.41, 5.74) is 6.05. The van der Waals surface area contributed by atoms with Crippen LogP contribution < -0.4 is 5.73 Å². The summed E-state index contributed by atoms with van der Waals surface area (Å²) in [6, 6.07) is -0.247. The summed E-state index contributed by atoms with van der Waals surface area (Å²) >= 11 is 1.10. The van der Waals surface area contributed by atoms with E-state index in [1.807, 2.05) is 0 Å². The van der Waals surface area contributed by atoms with Gasteiger partial charge in [0, 0.05) is 7.11 Å². The summed E-state index contributed by atoms with van der Waals surface area (Å²) in [6.07, 6.45) is 0. The number of thiazole rings is 1. The van der Waals surface area contributed by atoms with Gasteiger partial charge in [-0.1, -0.05) is 0 Å². The Labute approximate surface area is 85.5 Å². The predicted molar refractivity (Wildman–Crippen MR) is 52.4 cm³/mol. The van der Waals surface area contributed by atoms with E-state index in [1.165, 1.54) is 7.11 Å². The molecule has 0 amide bonds. The summed E-state index contributed by atoms with van der Waals surface area (Å²) in [7, 11) is 1.50. The SMILES string of the molecule is COCc1nc(C(C)N)sc1C(=O)O. The Morgan fingerprint density at radius 2 is 2.43 bits per heavy atom. The van der Waals surface area contributed by atoms with Gasteiger partial charge < -0.3 is 15.6 Å². The van der Waals surface area contributed by atoms with Gasteiger partial charge in [0.15, 0.2) is 0 Å². The van der Waals surface area contributed by atoms with Crippen LogP contribution in [0.1, 0.15) is 33.3 Å². The van der Waals surface area contributed by atoms with E-state index in [0.717, 1.165) is 11.3 Å². The number of nitrogens with two attached hydrogens (primary N) is 1. The van der Waals surface area contributed by atoms with E-state index in [0.29, 0.717) is 10.7 Å². The molecule has 0 spiro atoms. The van der Waals surface area contributed by atoms with Crippen LogP contribution in [0.4, 0.5) is 0 Å². The Kier molecular flexibility index (Phi) is 3.56. The molecule has 1 atom stereocenters. The molecule has 0 saturated heterocycles. The number of methoxy groups -OCH3 is 1. The number of hydrogen-bond acceptors (Lipinski definition) is 5. The molecule has 0 aliphatic rings. The van der Waals surface area contributed by atoms with Gasteiger partial charge in [-0.15, -0.1) is 11.3 Å². The number of carboxylic acid groups (broad SMARTS) is 1. The van der Waals surface area contributed by atoms with E-state index in [9.17, 15) is 4.79 Å². The summed E-state index contributed by atoms with van der Waals surface area (Å²) < 4.78 is 4.85. The molecule has 1 rings (SSSR count). The Bertz CT molecular complexity index is 335. The van der Waals surface area contributed by atoms with Crippen molar-refractivity contribution in [2.45, 2.75) is 19.6 Å². The molecule has 14 heavy (non-hydrogen) atoms. The maximum atomic E-state index is 10.8. The van der Waals surface area contributed by atoms with Gasteiger partial charge in [-0.05, 0) is 6.92 Å². The fraction of sp³-hybridized carbons (Fsp3) is 0.500. The molecule has 1 aromatic heterocycles. The summed E-state index contributed by atoms with van der Waals surface area (Å²) in [5.74, 6) is -0.985. The second-order valence-electron chi connectivity index (χ2n) is 2.85. The van der Waals surface area contributed by atoms with E-state index in [2.05, 4.69) is 4.98 Å². The van der Waals surface area contributed by atoms with Crippen LogP contribution in [0.3, 0.4) is 0 Å². The molecule has 0 aromatic carbocycles. The quantitative estimate of drug-likeness (QED) is 0.784. The Morgan fingerprint density at radius 3 is 2.86 bits per heavy atom. The van der Waals surface area contributed by atoms with Gasteiger partial charge in [0.05, 0.1) is 18.3 Å². The summed E-state index contributed by atoms with van der Waals surface area (Å²) in [5, 5.41) is 9.48. The lowest BCUT2D eigenvalue weighted by Crippen LogP contribution is -2.04. The average molecular weight is 216 g/mol. The zero-order valence-corrected chi connectivity index (χ0v) is 8.80. The van der Waals surface area contributed by atoms with E-state index in [1.54, 1.807) is 6.92 Å². The molecule has 6 heteroatoms. The molecule has 0 saturated carbocycles. The first-order valence-corrected chi connectivity index (χ1v) is 4.85. The maximum absolute atomic E-state index is 10.8. The third-order valence-corrected chi connectivity index (χ3v) is 2.87. The van der Waals surface area contributed by atoms with Crippen LogP contribution in [0, 0.1) is 0 Å². The molecule has 5 nitrogen and oxygen atoms in total. The zero-order valence-electron chi connectivity index (χ0n) is 7.98. The Morgan fingerprint density at radius 1 is 1.79 bits per heavy atom. The molecule has 0 aliphatic carbocycles. The van der Waals surface area contributed by atoms with Crippen LogP contribution in [0.5, 0.6) is 0 Å². The third kappa shape index (κ3) is 2.28. The van der Waals surface area contributed by atoms with Crippen molar-refractivity contribution in [2.75, 3.05) is 7.11 Å². The number of ether oxygens (including phenoxy) is 1. The molecule has 1 heterocycles. The third-order valence-electron chi connectivity index (χ3n) is 1.58. The average Bonchev–Trinajstić information content (AvgIpc) is 2.49. The number of carboxylic acids is 1. The second kappa shape index (κ2) is 4.50. The standard InChI is InChI=1S/C8H12N2O3S/c1-4(9)7-10-5(3-13-2)6(14-7)8(11)12/h4H,3,9H2,1-2H3,(H,11,12). The number of nitrogens with zero attached hydrogens (tertiary/aromatic N) is 1. The topological polar surface area (TPSA) is 85.4 Å². The van der Waals surface area contributed by atoms with Gasteiger partial charge in [0.25, 0.3) is 0 Å². The van der Waals surface area contributed by atoms with Crippen LogP contribution in [-0.2, 0) is 11.3 Å². The van der Waals surface area contributed by atoms with Crippen LogP contribution in [0.25, 0.3) is 0 Å². The van der Waals surface area contributed by atoms with Crippen molar-refractivity contribution in [3.63, 3.8) is 0 Å². The highest BCUT2D eigenvalue weighted by Gasteiger charge is 2.18. The van der Waals surface area contributed by atoms with Crippen molar-refractivity contribution in [1.29, 1.82) is 0 Å². The highest BCUT2D eigenvalue weighted by molar-refractivity contribution is 7.13. The van der Waals surface area contributed by atoms with Crippen LogP contribution >= 0.6 is 11.3 Å². The lowest BCUT2D eigenvalue weighted by molar-refractivity contribution is 0.0697.